The summed E-state index contributed by atoms with van der Waals surface area (Å²) in [5.74, 6) is 0. The van der Waals surface area contributed by atoms with E-state index >= 15 is 0 Å². The third-order valence-corrected chi connectivity index (χ3v) is 1.88. The minimum absolute atomic E-state index is 0.0961. The van der Waals surface area contributed by atoms with Crippen LogP contribution in [0, 0.1) is 0 Å². The van der Waals surface area contributed by atoms with Crippen LogP contribution in [0.2, 0.25) is 10.6 Å². The van der Waals surface area contributed by atoms with Crippen LogP contribution in [0.4, 0.5) is 0 Å². The normalized spacial score (nSPS) is 9.92. The molecule has 64 valence electrons. The van der Waals surface area contributed by atoms with Crippen molar-refractivity contribution < 1.29 is 0 Å². The maximum Gasteiger partial charge on any atom is 0.227 e. The second-order valence-electron chi connectivity index (χ2n) is 1.96. The summed E-state index contributed by atoms with van der Waals surface area (Å²) in [6, 6.07) is 0. The molecule has 12 heavy (non-hydrogen) atoms. The second-order valence-corrected chi connectivity index (χ2v) is 3.90. The first-order valence-electron chi connectivity index (χ1n) is 2.98. The van der Waals surface area contributed by atoms with E-state index in [4.69, 9.17) is 23.2 Å². The van der Waals surface area contributed by atoms with E-state index in [-0.39, 0.29) is 10.6 Å². The van der Waals surface area contributed by atoms with Crippen LogP contribution in [0.3, 0.4) is 0 Å². The topological polar surface area (TPSA) is 38.7 Å². The summed E-state index contributed by atoms with van der Waals surface area (Å²) in [5.41, 5.74) is 0. The van der Waals surface area contributed by atoms with Gasteiger partial charge in [0.15, 0.2) is 5.16 Å². The lowest BCUT2D eigenvalue weighted by Gasteiger charge is -1.97. The van der Waals surface area contributed by atoms with Gasteiger partial charge in [-0.15, -0.1) is 0 Å². The van der Waals surface area contributed by atoms with E-state index in [0.717, 1.165) is 4.91 Å². The molecule has 0 atom stereocenters. The van der Waals surface area contributed by atoms with Gasteiger partial charge in [0.05, 0.1) is 0 Å². The summed E-state index contributed by atoms with van der Waals surface area (Å²) in [5, 5.41) is 0.657. The molecule has 1 heterocycles. The highest BCUT2D eigenvalue weighted by atomic mass is 35.5. The largest absolute Gasteiger partial charge is 0.227 e. The Kier molecular flexibility index (Phi) is 3.31. The van der Waals surface area contributed by atoms with Gasteiger partial charge in [0, 0.05) is 0 Å². The van der Waals surface area contributed by atoms with Gasteiger partial charge >= 0.3 is 0 Å². The van der Waals surface area contributed by atoms with Crippen molar-refractivity contribution in [3.05, 3.63) is 22.1 Å². The first-order chi connectivity index (χ1) is 5.58. The minimum Gasteiger partial charge on any atom is -0.191 e. The predicted octanol–water partition coefficient (Wildman–Crippen LogP) is 2.80. The fourth-order valence-corrected chi connectivity index (χ4v) is 1.55. The molecular formula is C6H5Cl2N3S. The summed E-state index contributed by atoms with van der Waals surface area (Å²) in [6.07, 6.45) is 0. The maximum atomic E-state index is 5.54. The molecule has 1 aromatic heterocycles. The van der Waals surface area contributed by atoms with Crippen molar-refractivity contribution in [2.75, 3.05) is 0 Å². The molecule has 0 bridgehead atoms. The first kappa shape index (κ1) is 9.77. The molecule has 1 aromatic rings. The Balaban J connectivity index is 2.93. The fourth-order valence-electron chi connectivity index (χ4n) is 0.510. The van der Waals surface area contributed by atoms with Crippen molar-refractivity contribution in [3.8, 4) is 0 Å². The highest BCUT2D eigenvalue weighted by molar-refractivity contribution is 8.02. The molecule has 0 saturated heterocycles. The third kappa shape index (κ3) is 2.97. The van der Waals surface area contributed by atoms with E-state index in [1.807, 2.05) is 6.92 Å². The average Bonchev–Trinajstić information content (AvgIpc) is 1.81. The van der Waals surface area contributed by atoms with E-state index in [0.29, 0.717) is 5.16 Å². The highest BCUT2D eigenvalue weighted by Gasteiger charge is 2.03. The molecule has 0 amide bonds. The van der Waals surface area contributed by atoms with Crippen molar-refractivity contribution in [1.82, 2.24) is 15.0 Å². The maximum absolute atomic E-state index is 5.54. The molecular weight excluding hydrogens is 217 g/mol. The number of aromatic nitrogens is 3. The Bertz CT molecular complexity index is 295. The molecule has 1 rings (SSSR count). The van der Waals surface area contributed by atoms with Gasteiger partial charge in [-0.1, -0.05) is 18.3 Å². The van der Waals surface area contributed by atoms with Crippen molar-refractivity contribution in [2.24, 2.45) is 0 Å². The van der Waals surface area contributed by atoms with Gasteiger partial charge in [0.25, 0.3) is 0 Å². The van der Waals surface area contributed by atoms with Crippen LogP contribution in [0.1, 0.15) is 6.92 Å². The van der Waals surface area contributed by atoms with Crippen LogP contribution in [-0.2, 0) is 0 Å². The van der Waals surface area contributed by atoms with E-state index in [1.165, 1.54) is 11.8 Å². The molecule has 0 aliphatic carbocycles. The molecule has 0 N–H and O–H groups in total. The number of hydrogen-bond acceptors (Lipinski definition) is 4. The Morgan fingerprint density at radius 3 is 2.17 bits per heavy atom. The van der Waals surface area contributed by atoms with Crippen molar-refractivity contribution >= 4 is 35.0 Å². The molecule has 6 heteroatoms. The number of hydrogen-bond donors (Lipinski definition) is 0. The van der Waals surface area contributed by atoms with Crippen LogP contribution in [0.25, 0.3) is 0 Å². The lowest BCUT2D eigenvalue weighted by molar-refractivity contribution is 0.906. The smallest absolute Gasteiger partial charge is 0.191 e. The Labute approximate surface area is 84.2 Å². The third-order valence-electron chi connectivity index (χ3n) is 0.826. The standard InChI is InChI=1S/C6H5Cl2N3S/c1-3(2)12-6-10-4(7)9-5(8)11-6/h1H2,2H3. The van der Waals surface area contributed by atoms with E-state index in [1.54, 1.807) is 0 Å². The molecule has 3 nitrogen and oxygen atoms in total. The zero-order valence-corrected chi connectivity index (χ0v) is 8.54. The zero-order chi connectivity index (χ0) is 9.14. The molecule has 0 aliphatic heterocycles. The lowest BCUT2D eigenvalue weighted by atomic mass is 10.8. The molecule has 0 saturated carbocycles. The van der Waals surface area contributed by atoms with E-state index in [2.05, 4.69) is 21.5 Å². The number of rotatable bonds is 2. The predicted molar refractivity (Wildman–Crippen MR) is 50.5 cm³/mol. The molecule has 0 aliphatic rings. The Hall–Kier alpha value is -0.320. The molecule has 0 radical (unpaired) electrons. The SMILES string of the molecule is C=C(C)Sc1nc(Cl)nc(Cl)n1. The summed E-state index contributed by atoms with van der Waals surface area (Å²) >= 11 is 12.4. The van der Waals surface area contributed by atoms with Gasteiger partial charge in [-0.25, -0.2) is 0 Å². The van der Waals surface area contributed by atoms with Crippen molar-refractivity contribution in [1.29, 1.82) is 0 Å². The molecule has 0 fully saturated rings. The molecule has 0 unspecified atom stereocenters. The van der Waals surface area contributed by atoms with Crippen LogP contribution < -0.4 is 0 Å². The number of allylic oxidation sites excluding steroid dienone is 1. The van der Waals surface area contributed by atoms with Gasteiger partial charge in [-0.3, -0.25) is 0 Å². The Morgan fingerprint density at radius 1 is 1.25 bits per heavy atom. The highest BCUT2D eigenvalue weighted by Crippen LogP contribution is 2.22. The first-order valence-corrected chi connectivity index (χ1v) is 4.55. The number of thioether (sulfide) groups is 1. The van der Waals surface area contributed by atoms with Gasteiger partial charge in [0.1, 0.15) is 0 Å². The van der Waals surface area contributed by atoms with Crippen molar-refractivity contribution in [2.45, 2.75) is 12.1 Å². The lowest BCUT2D eigenvalue weighted by Crippen LogP contribution is -1.91. The zero-order valence-electron chi connectivity index (χ0n) is 6.21. The number of nitrogens with zero attached hydrogens (tertiary/aromatic N) is 3. The van der Waals surface area contributed by atoms with Crippen LogP contribution in [0.15, 0.2) is 16.6 Å². The number of halogens is 2. The second kappa shape index (κ2) is 4.07. The van der Waals surface area contributed by atoms with Crippen molar-refractivity contribution in [3.63, 3.8) is 0 Å². The summed E-state index contributed by atoms with van der Waals surface area (Å²) in [4.78, 5) is 12.1. The Morgan fingerprint density at radius 2 is 1.75 bits per heavy atom. The van der Waals surface area contributed by atoms with E-state index in [9.17, 15) is 0 Å². The summed E-state index contributed by atoms with van der Waals surface area (Å²) in [7, 11) is 0. The monoisotopic (exact) mass is 221 g/mol. The van der Waals surface area contributed by atoms with Crippen LogP contribution >= 0.6 is 35.0 Å². The van der Waals surface area contributed by atoms with Gasteiger partial charge in [-0.05, 0) is 35.0 Å². The van der Waals surface area contributed by atoms with Gasteiger partial charge in [0.2, 0.25) is 10.6 Å². The van der Waals surface area contributed by atoms with Gasteiger partial charge in [-0.2, -0.15) is 15.0 Å². The molecule has 0 aromatic carbocycles. The summed E-state index contributed by atoms with van der Waals surface area (Å²) < 4.78 is 0. The molecule has 0 spiro atoms. The minimum atomic E-state index is 0.0961. The van der Waals surface area contributed by atoms with Crippen LogP contribution in [0.5, 0.6) is 0 Å². The van der Waals surface area contributed by atoms with E-state index < -0.39 is 0 Å². The quantitative estimate of drug-likeness (QED) is 0.721. The van der Waals surface area contributed by atoms with Crippen LogP contribution in [-0.4, -0.2) is 15.0 Å². The van der Waals surface area contributed by atoms with Gasteiger partial charge < -0.3 is 0 Å². The fraction of sp³-hybridized carbons (Fsp3) is 0.167. The average molecular weight is 222 g/mol. The summed E-state index contributed by atoms with van der Waals surface area (Å²) in [6.45, 7) is 5.53.